The van der Waals surface area contributed by atoms with E-state index >= 15 is 0 Å². The number of nitrogens with zero attached hydrogens (tertiary/aromatic N) is 3. The SMILES string of the molecule is CC(=O)N[C@H]1[C@H](OC(C)=O)[C@H](OC(C)=O)[C@H](COC(C)=O)O[C@H]1Sc1nnc(COc2ccccc2C)n1C1CCCC1. The van der Waals surface area contributed by atoms with E-state index in [9.17, 15) is 19.2 Å². The zero-order chi connectivity index (χ0) is 31.1. The summed E-state index contributed by atoms with van der Waals surface area (Å²) in [5.41, 5.74) is 0.102. The lowest BCUT2D eigenvalue weighted by molar-refractivity contribution is -0.211. The molecular formula is C29H38N4O9S. The standard InChI is InChI=1S/C29H38N4O9S/c1-16-10-6-9-13-22(16)39-15-24-31-32-29(33(24)21-11-7-8-12-21)43-28-25(30-17(2)34)27(41-20(5)37)26(40-19(4)36)23(42-28)14-38-18(3)35/h6,9-10,13,21,23,25-28H,7-8,11-12,14-15H2,1-5H3,(H,30,34)/t23-,25-,26+,27-,28-/m0/s1. The van der Waals surface area contributed by atoms with Crippen LogP contribution < -0.4 is 10.1 Å². The first-order valence-electron chi connectivity index (χ1n) is 14.2. The highest BCUT2D eigenvalue weighted by Gasteiger charge is 2.51. The molecule has 234 valence electrons. The summed E-state index contributed by atoms with van der Waals surface area (Å²) in [4.78, 5) is 48.3. The first kappa shape index (κ1) is 32.3. The van der Waals surface area contributed by atoms with Crippen molar-refractivity contribution in [1.29, 1.82) is 0 Å². The molecular weight excluding hydrogens is 580 g/mol. The Morgan fingerprint density at radius 2 is 1.65 bits per heavy atom. The first-order chi connectivity index (χ1) is 20.5. The fourth-order valence-corrected chi connectivity index (χ4v) is 6.60. The number of esters is 3. The number of benzene rings is 1. The maximum Gasteiger partial charge on any atom is 0.303 e. The number of ether oxygens (including phenoxy) is 5. The molecule has 1 N–H and O–H groups in total. The Kier molecular flexibility index (Phi) is 11.0. The average Bonchev–Trinajstić information content (AvgIpc) is 3.59. The molecule has 1 aromatic heterocycles. The summed E-state index contributed by atoms with van der Waals surface area (Å²) in [5, 5.41) is 12.3. The Balaban J connectivity index is 1.69. The van der Waals surface area contributed by atoms with E-state index in [1.54, 1.807) is 0 Å². The van der Waals surface area contributed by atoms with Gasteiger partial charge in [0.15, 0.2) is 23.2 Å². The third kappa shape index (κ3) is 8.47. The van der Waals surface area contributed by atoms with Crippen molar-refractivity contribution in [2.24, 2.45) is 0 Å². The molecule has 1 aliphatic carbocycles. The van der Waals surface area contributed by atoms with Crippen molar-refractivity contribution in [3.63, 3.8) is 0 Å². The number of carbonyl (C=O) groups excluding carboxylic acids is 4. The van der Waals surface area contributed by atoms with E-state index in [0.717, 1.165) is 37.0 Å². The van der Waals surface area contributed by atoms with Crippen LogP contribution in [0, 0.1) is 6.92 Å². The van der Waals surface area contributed by atoms with Gasteiger partial charge < -0.3 is 29.0 Å². The molecule has 0 radical (unpaired) electrons. The predicted molar refractivity (Wildman–Crippen MR) is 153 cm³/mol. The molecule has 2 aliphatic rings. The highest BCUT2D eigenvalue weighted by molar-refractivity contribution is 7.99. The number of hydrogen-bond acceptors (Lipinski definition) is 12. The maximum absolute atomic E-state index is 12.4. The van der Waals surface area contributed by atoms with Crippen molar-refractivity contribution < 1.29 is 42.9 Å². The lowest BCUT2D eigenvalue weighted by Crippen LogP contribution is -2.65. The Hall–Kier alpha value is -3.65. The van der Waals surface area contributed by atoms with Gasteiger partial charge in [-0.25, -0.2) is 0 Å². The summed E-state index contributed by atoms with van der Waals surface area (Å²) in [7, 11) is 0. The molecule has 2 fully saturated rings. The van der Waals surface area contributed by atoms with E-state index in [2.05, 4.69) is 15.5 Å². The minimum absolute atomic E-state index is 0.130. The molecule has 2 heterocycles. The summed E-state index contributed by atoms with van der Waals surface area (Å²) in [6.07, 6.45) is 0.660. The largest absolute Gasteiger partial charge is 0.485 e. The number of amides is 1. The van der Waals surface area contributed by atoms with Crippen molar-refractivity contribution >= 4 is 35.6 Å². The van der Waals surface area contributed by atoms with Crippen LogP contribution in [0.4, 0.5) is 0 Å². The molecule has 0 bridgehead atoms. The number of aryl methyl sites for hydroxylation is 1. The fraction of sp³-hybridized carbons (Fsp3) is 0.586. The number of hydrogen-bond donors (Lipinski definition) is 1. The van der Waals surface area contributed by atoms with Crippen LogP contribution in [-0.4, -0.2) is 75.0 Å². The van der Waals surface area contributed by atoms with Gasteiger partial charge in [-0.1, -0.05) is 42.8 Å². The third-order valence-electron chi connectivity index (χ3n) is 7.17. The average molecular weight is 619 g/mol. The highest BCUT2D eigenvalue weighted by Crippen LogP contribution is 2.39. The Bertz CT molecular complexity index is 1310. The Morgan fingerprint density at radius 1 is 0.977 bits per heavy atom. The van der Waals surface area contributed by atoms with Gasteiger partial charge in [0.1, 0.15) is 36.5 Å². The molecule has 13 nitrogen and oxygen atoms in total. The smallest absolute Gasteiger partial charge is 0.303 e. The maximum atomic E-state index is 12.4. The number of para-hydroxylation sites is 1. The summed E-state index contributed by atoms with van der Waals surface area (Å²) in [6.45, 7) is 6.85. The number of aromatic nitrogens is 3. The number of nitrogens with one attached hydrogen (secondary N) is 1. The molecule has 43 heavy (non-hydrogen) atoms. The molecule has 1 aliphatic heterocycles. The summed E-state index contributed by atoms with van der Waals surface area (Å²) in [6, 6.07) is 6.89. The third-order valence-corrected chi connectivity index (χ3v) is 8.29. The number of rotatable bonds is 11. The first-order valence-corrected chi connectivity index (χ1v) is 15.1. The number of carbonyl (C=O) groups is 4. The second-order valence-electron chi connectivity index (χ2n) is 10.6. The lowest BCUT2D eigenvalue weighted by atomic mass is 9.97. The highest BCUT2D eigenvalue weighted by atomic mass is 32.2. The summed E-state index contributed by atoms with van der Waals surface area (Å²) < 4.78 is 30.8. The van der Waals surface area contributed by atoms with E-state index in [0.29, 0.717) is 11.0 Å². The lowest BCUT2D eigenvalue weighted by Gasteiger charge is -2.44. The van der Waals surface area contributed by atoms with E-state index in [-0.39, 0.29) is 19.3 Å². The number of thioether (sulfide) groups is 1. The molecule has 1 saturated carbocycles. The molecule has 5 atom stereocenters. The molecule has 0 unspecified atom stereocenters. The fourth-order valence-electron chi connectivity index (χ4n) is 5.37. The van der Waals surface area contributed by atoms with Crippen LogP contribution in [0.5, 0.6) is 5.75 Å². The van der Waals surface area contributed by atoms with Crippen molar-refractivity contribution in [3.8, 4) is 5.75 Å². The van der Waals surface area contributed by atoms with Crippen LogP contribution in [0.15, 0.2) is 29.4 Å². The monoisotopic (exact) mass is 618 g/mol. The second-order valence-corrected chi connectivity index (χ2v) is 11.7. The van der Waals surface area contributed by atoms with E-state index in [4.69, 9.17) is 23.7 Å². The predicted octanol–water partition coefficient (Wildman–Crippen LogP) is 3.03. The van der Waals surface area contributed by atoms with Gasteiger partial charge in [-0.05, 0) is 31.4 Å². The van der Waals surface area contributed by atoms with Crippen molar-refractivity contribution in [2.45, 2.75) is 108 Å². The van der Waals surface area contributed by atoms with Gasteiger partial charge in [-0.3, -0.25) is 23.7 Å². The van der Waals surface area contributed by atoms with Gasteiger partial charge in [-0.2, -0.15) is 0 Å². The topological polar surface area (TPSA) is 157 Å². The molecule has 14 heteroatoms. The molecule has 1 aromatic carbocycles. The van der Waals surface area contributed by atoms with E-state index in [1.165, 1.54) is 39.5 Å². The Morgan fingerprint density at radius 3 is 2.28 bits per heavy atom. The van der Waals surface area contributed by atoms with Crippen LogP contribution in [0.2, 0.25) is 0 Å². The van der Waals surface area contributed by atoms with Gasteiger partial charge in [0.05, 0.1) is 0 Å². The molecule has 2 aromatic rings. The zero-order valence-corrected chi connectivity index (χ0v) is 25.8. The van der Waals surface area contributed by atoms with Crippen LogP contribution in [0.25, 0.3) is 0 Å². The van der Waals surface area contributed by atoms with Crippen molar-refractivity contribution in [1.82, 2.24) is 20.1 Å². The van der Waals surface area contributed by atoms with Crippen LogP contribution >= 0.6 is 11.8 Å². The van der Waals surface area contributed by atoms with Crippen molar-refractivity contribution in [3.05, 3.63) is 35.7 Å². The Labute approximate surface area is 254 Å². The van der Waals surface area contributed by atoms with Crippen LogP contribution in [0.1, 0.15) is 70.8 Å². The molecule has 1 saturated heterocycles. The minimum Gasteiger partial charge on any atom is -0.485 e. The van der Waals surface area contributed by atoms with Gasteiger partial charge in [0, 0.05) is 33.7 Å². The molecule has 4 rings (SSSR count). The van der Waals surface area contributed by atoms with Crippen molar-refractivity contribution in [2.75, 3.05) is 6.61 Å². The summed E-state index contributed by atoms with van der Waals surface area (Å²) >= 11 is 1.19. The minimum atomic E-state index is -1.17. The zero-order valence-electron chi connectivity index (χ0n) is 24.9. The summed E-state index contributed by atoms with van der Waals surface area (Å²) in [5.74, 6) is -0.921. The molecule has 0 spiro atoms. The van der Waals surface area contributed by atoms with Gasteiger partial charge >= 0.3 is 17.9 Å². The molecule has 1 amide bonds. The van der Waals surface area contributed by atoms with Gasteiger partial charge in [-0.15, -0.1) is 10.2 Å². The van der Waals surface area contributed by atoms with Crippen LogP contribution in [-0.2, 0) is 44.7 Å². The van der Waals surface area contributed by atoms with E-state index < -0.39 is 53.6 Å². The normalized spacial score (nSPS) is 23.8. The second kappa shape index (κ2) is 14.7. The van der Waals surface area contributed by atoms with Crippen LogP contribution in [0.3, 0.4) is 0 Å². The van der Waals surface area contributed by atoms with Gasteiger partial charge in [0.2, 0.25) is 5.91 Å². The van der Waals surface area contributed by atoms with E-state index in [1.807, 2.05) is 35.8 Å². The van der Waals surface area contributed by atoms with Gasteiger partial charge in [0.25, 0.3) is 0 Å². The quantitative estimate of drug-likeness (QED) is 0.290.